The minimum absolute atomic E-state index is 0.513. The minimum atomic E-state index is -5.07. The van der Waals surface area contributed by atoms with Crippen LogP contribution in [0, 0.1) is 11.3 Å². The molecule has 0 fully saturated rings. The van der Waals surface area contributed by atoms with Gasteiger partial charge in [-0.05, 0) is 0 Å². The lowest BCUT2D eigenvalue weighted by Gasteiger charge is -2.11. The Morgan fingerprint density at radius 2 is 2.00 bits per heavy atom. The summed E-state index contributed by atoms with van der Waals surface area (Å²) in [6.07, 6.45) is -5.07. The zero-order valence-electron chi connectivity index (χ0n) is 8.39. The van der Waals surface area contributed by atoms with Crippen LogP contribution in [0.4, 0.5) is 18.9 Å². The fourth-order valence-electron chi connectivity index (χ4n) is 1.00. The molecule has 11 heteroatoms. The van der Waals surface area contributed by atoms with Crippen LogP contribution < -0.4 is 15.6 Å². The van der Waals surface area contributed by atoms with Gasteiger partial charge in [0.1, 0.15) is 6.07 Å². The Morgan fingerprint density at radius 1 is 1.44 bits per heavy atom. The summed E-state index contributed by atoms with van der Waals surface area (Å²) in [6.45, 7) is 0. The third kappa shape index (κ3) is 3.22. The van der Waals surface area contributed by atoms with Crippen LogP contribution >= 0.6 is 0 Å². The second kappa shape index (κ2) is 4.31. The highest BCUT2D eigenvalue weighted by atomic mass is 32.2. The van der Waals surface area contributed by atoms with Gasteiger partial charge in [-0.2, -0.15) is 5.26 Å². The lowest BCUT2D eigenvalue weighted by molar-refractivity contribution is -0.274. The van der Waals surface area contributed by atoms with Crippen molar-refractivity contribution in [2.45, 2.75) is 11.4 Å². The average molecular weight is 282 g/mol. The number of nitrogens with zero attached hydrogens (tertiary/aromatic N) is 2. The van der Waals surface area contributed by atoms with Gasteiger partial charge in [-0.1, -0.05) is 0 Å². The minimum Gasteiger partial charge on any atom is -0.403 e. The third-order valence-electron chi connectivity index (χ3n) is 1.58. The van der Waals surface area contributed by atoms with Gasteiger partial charge in [0.25, 0.3) is 10.0 Å². The maximum absolute atomic E-state index is 12.0. The molecule has 0 bridgehead atoms. The number of hydrogen-bond acceptors (Lipinski definition) is 6. The van der Waals surface area contributed by atoms with Crippen molar-refractivity contribution in [3.05, 3.63) is 11.8 Å². The van der Waals surface area contributed by atoms with E-state index in [2.05, 4.69) is 9.72 Å². The molecule has 98 valence electrons. The summed E-state index contributed by atoms with van der Waals surface area (Å²) in [5.74, 6) is -1.00. The number of alkyl halides is 3. The molecular weight excluding hydrogens is 277 g/mol. The number of hydrogen-bond donors (Lipinski definition) is 2. The molecule has 0 aromatic carbocycles. The standard InChI is InChI=1S/C7H5F3N4O3S/c8-7(9,10)17-5-1-3(12)6(18(13,15)16)14-4(5)2-11/h1H,12H2,(H2,13,15,16). The first-order valence-corrected chi connectivity index (χ1v) is 5.58. The zero-order valence-corrected chi connectivity index (χ0v) is 9.21. The van der Waals surface area contributed by atoms with Crippen LogP contribution in [0.25, 0.3) is 0 Å². The number of pyridine rings is 1. The predicted molar refractivity (Wildman–Crippen MR) is 51.4 cm³/mol. The first-order chi connectivity index (χ1) is 8.04. The molecule has 0 saturated heterocycles. The number of anilines is 1. The van der Waals surface area contributed by atoms with Crippen molar-refractivity contribution in [3.63, 3.8) is 0 Å². The van der Waals surface area contributed by atoms with Crippen molar-refractivity contribution in [1.82, 2.24) is 4.98 Å². The van der Waals surface area contributed by atoms with Crippen molar-refractivity contribution in [2.24, 2.45) is 5.14 Å². The van der Waals surface area contributed by atoms with Gasteiger partial charge in [0.05, 0.1) is 5.69 Å². The summed E-state index contributed by atoms with van der Waals surface area (Å²) in [6, 6.07) is 1.76. The van der Waals surface area contributed by atoms with Gasteiger partial charge in [-0.25, -0.2) is 18.5 Å². The van der Waals surface area contributed by atoms with Crippen LogP contribution in [0.2, 0.25) is 0 Å². The van der Waals surface area contributed by atoms with Gasteiger partial charge < -0.3 is 10.5 Å². The lowest BCUT2D eigenvalue weighted by Crippen LogP contribution is -2.20. The summed E-state index contributed by atoms with van der Waals surface area (Å²) in [4.78, 5) is 3.12. The highest BCUT2D eigenvalue weighted by Gasteiger charge is 2.33. The van der Waals surface area contributed by atoms with Gasteiger partial charge in [-0.15, -0.1) is 13.2 Å². The Bertz CT molecular complexity index is 620. The quantitative estimate of drug-likeness (QED) is 0.789. The number of nitrogens with two attached hydrogens (primary N) is 2. The Morgan fingerprint density at radius 3 is 2.39 bits per heavy atom. The number of ether oxygens (including phenoxy) is 1. The van der Waals surface area contributed by atoms with Crippen LogP contribution in [0.5, 0.6) is 5.75 Å². The largest absolute Gasteiger partial charge is 0.573 e. The van der Waals surface area contributed by atoms with E-state index in [4.69, 9.17) is 16.1 Å². The lowest BCUT2D eigenvalue weighted by atomic mass is 10.3. The second-order valence-corrected chi connectivity index (χ2v) is 4.41. The SMILES string of the molecule is N#Cc1nc(S(N)(=O)=O)c(N)cc1OC(F)(F)F. The van der Waals surface area contributed by atoms with Crippen molar-refractivity contribution in [2.75, 3.05) is 5.73 Å². The molecule has 0 amide bonds. The summed E-state index contributed by atoms with van der Waals surface area (Å²) in [5, 5.41) is 12.4. The van der Waals surface area contributed by atoms with Crippen molar-refractivity contribution in [1.29, 1.82) is 5.26 Å². The van der Waals surface area contributed by atoms with Crippen LogP contribution in [0.1, 0.15) is 5.69 Å². The molecule has 7 nitrogen and oxygen atoms in total. The maximum atomic E-state index is 12.0. The van der Waals surface area contributed by atoms with E-state index in [9.17, 15) is 21.6 Å². The molecular formula is C7H5F3N4O3S. The molecule has 0 aliphatic carbocycles. The van der Waals surface area contributed by atoms with Crippen LogP contribution in [0.3, 0.4) is 0 Å². The maximum Gasteiger partial charge on any atom is 0.573 e. The van der Waals surface area contributed by atoms with E-state index in [-0.39, 0.29) is 0 Å². The normalized spacial score (nSPS) is 11.9. The molecule has 1 rings (SSSR count). The number of aromatic nitrogens is 1. The van der Waals surface area contributed by atoms with E-state index in [0.717, 1.165) is 0 Å². The number of rotatable bonds is 2. The van der Waals surface area contributed by atoms with Crippen molar-refractivity contribution >= 4 is 15.7 Å². The van der Waals surface area contributed by atoms with Crippen molar-refractivity contribution in [3.8, 4) is 11.8 Å². The van der Waals surface area contributed by atoms with E-state index in [0.29, 0.717) is 6.07 Å². The van der Waals surface area contributed by atoms with Gasteiger partial charge in [0, 0.05) is 6.07 Å². The molecule has 0 atom stereocenters. The molecule has 0 unspecified atom stereocenters. The third-order valence-corrected chi connectivity index (χ3v) is 2.45. The van der Waals surface area contributed by atoms with E-state index in [1.54, 1.807) is 0 Å². The van der Waals surface area contributed by atoms with E-state index in [1.807, 2.05) is 0 Å². The number of sulfonamides is 1. The summed E-state index contributed by atoms with van der Waals surface area (Å²) >= 11 is 0. The summed E-state index contributed by atoms with van der Waals surface area (Å²) < 4.78 is 61.4. The van der Waals surface area contributed by atoms with Crippen LogP contribution in [-0.2, 0) is 10.0 Å². The molecule has 0 saturated carbocycles. The Kier molecular flexibility index (Phi) is 3.36. The molecule has 18 heavy (non-hydrogen) atoms. The highest BCUT2D eigenvalue weighted by Crippen LogP contribution is 2.29. The molecule has 1 aromatic heterocycles. The van der Waals surface area contributed by atoms with Crippen LogP contribution in [0.15, 0.2) is 11.1 Å². The monoisotopic (exact) mass is 282 g/mol. The number of halogens is 3. The smallest absolute Gasteiger partial charge is 0.403 e. The van der Waals surface area contributed by atoms with E-state index in [1.165, 1.54) is 6.07 Å². The molecule has 0 radical (unpaired) electrons. The van der Waals surface area contributed by atoms with Crippen molar-refractivity contribution < 1.29 is 26.3 Å². The molecule has 1 heterocycles. The first kappa shape index (κ1) is 14.0. The Hall–Kier alpha value is -2.06. The average Bonchev–Trinajstić information content (AvgIpc) is 2.13. The van der Waals surface area contributed by atoms with E-state index < -0.39 is 38.5 Å². The molecule has 0 aliphatic heterocycles. The summed E-state index contributed by atoms with van der Waals surface area (Å²) in [7, 11) is -4.35. The van der Waals surface area contributed by atoms with E-state index >= 15 is 0 Å². The van der Waals surface area contributed by atoms with Gasteiger partial charge in [0.15, 0.2) is 16.5 Å². The molecule has 0 spiro atoms. The fourth-order valence-corrected chi connectivity index (χ4v) is 1.61. The molecule has 0 aliphatic rings. The topological polar surface area (TPSA) is 132 Å². The summed E-state index contributed by atoms with van der Waals surface area (Å²) in [5.41, 5.74) is 3.62. The molecule has 4 N–H and O–H groups in total. The fraction of sp³-hybridized carbons (Fsp3) is 0.143. The predicted octanol–water partition coefficient (Wildman–Crippen LogP) is 0.0815. The number of nitriles is 1. The van der Waals surface area contributed by atoms with Gasteiger partial charge >= 0.3 is 6.36 Å². The second-order valence-electron chi connectivity index (χ2n) is 2.93. The zero-order chi connectivity index (χ0) is 14.1. The Labute approximate surface area is 98.8 Å². The number of nitrogen functional groups attached to an aromatic ring is 1. The Balaban J connectivity index is 3.43. The first-order valence-electron chi connectivity index (χ1n) is 4.04. The van der Waals surface area contributed by atoms with Gasteiger partial charge in [0.2, 0.25) is 0 Å². The molecule has 1 aromatic rings. The van der Waals surface area contributed by atoms with Gasteiger partial charge in [-0.3, -0.25) is 0 Å². The highest BCUT2D eigenvalue weighted by molar-refractivity contribution is 7.89. The van der Waals surface area contributed by atoms with Crippen LogP contribution in [-0.4, -0.2) is 19.8 Å². The number of primary sulfonamides is 1.